The van der Waals surface area contributed by atoms with E-state index in [1.165, 1.54) is 55.3 Å². The van der Waals surface area contributed by atoms with Gasteiger partial charge in [0.05, 0.1) is 16.8 Å². The number of hydrogen-bond acceptors (Lipinski definition) is 3. The van der Waals surface area contributed by atoms with Gasteiger partial charge in [-0.1, -0.05) is 140 Å². The lowest BCUT2D eigenvalue weighted by atomic mass is 9.70. The third-order valence-corrected chi connectivity index (χ3v) is 10.9. The summed E-state index contributed by atoms with van der Waals surface area (Å²) in [6.07, 6.45) is 7.33. The highest BCUT2D eigenvalue weighted by Crippen LogP contribution is 2.62. The molecule has 2 aliphatic rings. The molecule has 1 N–H and O–H groups in total. The molecule has 3 nitrogen and oxygen atoms in total. The van der Waals surface area contributed by atoms with Crippen LogP contribution in [0.3, 0.4) is 0 Å². The lowest BCUT2D eigenvalue weighted by Crippen LogP contribution is -2.26. The van der Waals surface area contributed by atoms with Gasteiger partial charge >= 0.3 is 0 Å². The molecule has 2 aliphatic carbocycles. The van der Waals surface area contributed by atoms with Gasteiger partial charge in [-0.25, -0.2) is 0 Å². The van der Waals surface area contributed by atoms with Gasteiger partial charge in [-0.15, -0.1) is 0 Å². The lowest BCUT2D eigenvalue weighted by Gasteiger charge is -2.30. The molecule has 0 unspecified atom stereocenters. The summed E-state index contributed by atoms with van der Waals surface area (Å²) >= 11 is 0. The Kier molecular flexibility index (Phi) is 7.19. The quantitative estimate of drug-likeness (QED) is 0.175. The van der Waals surface area contributed by atoms with Crippen molar-refractivity contribution in [1.82, 2.24) is 4.98 Å². The second kappa shape index (κ2) is 12.4. The zero-order valence-electron chi connectivity index (χ0n) is 28.9. The zero-order chi connectivity index (χ0) is 35.4. The maximum absolute atomic E-state index is 9.51. The van der Waals surface area contributed by atoms with Crippen LogP contribution in [0.5, 0.6) is 0 Å². The molecule has 10 rings (SSSR count). The van der Waals surface area contributed by atoms with Gasteiger partial charge in [-0.2, -0.15) is 0 Å². The molecule has 0 bridgehead atoms. The van der Waals surface area contributed by atoms with Gasteiger partial charge in [0.15, 0.2) is 0 Å². The van der Waals surface area contributed by atoms with E-state index < -0.39 is 5.41 Å². The summed E-state index contributed by atoms with van der Waals surface area (Å²) in [6, 6.07) is 60.3. The van der Waals surface area contributed by atoms with E-state index in [0.29, 0.717) is 11.4 Å². The van der Waals surface area contributed by atoms with E-state index in [-0.39, 0.29) is 0 Å². The number of rotatable bonds is 6. The monoisotopic (exact) mass is 675 g/mol. The van der Waals surface area contributed by atoms with Crippen LogP contribution >= 0.6 is 0 Å². The van der Waals surface area contributed by atoms with Crippen molar-refractivity contribution in [3.63, 3.8) is 0 Å². The van der Waals surface area contributed by atoms with Gasteiger partial charge in [0, 0.05) is 24.2 Å². The number of hydrogen-bond donors (Lipinski definition) is 1. The molecule has 1 aromatic heterocycles. The van der Waals surface area contributed by atoms with E-state index in [1.54, 1.807) is 6.20 Å². The molecular weight excluding hydrogens is 643 g/mol. The van der Waals surface area contributed by atoms with Crippen LogP contribution in [-0.4, -0.2) is 16.9 Å². The normalized spacial score (nSPS) is 13.5. The highest BCUT2D eigenvalue weighted by Gasteiger charge is 2.51. The summed E-state index contributed by atoms with van der Waals surface area (Å²) in [6.45, 7) is 0. The molecule has 8 aromatic rings. The topological polar surface area (TPSA) is 49.1 Å². The van der Waals surface area contributed by atoms with E-state index in [4.69, 9.17) is 4.99 Å². The van der Waals surface area contributed by atoms with Gasteiger partial charge in [0.1, 0.15) is 0 Å². The minimum Gasteiger partial charge on any atom is -0.300 e. The van der Waals surface area contributed by atoms with Crippen molar-refractivity contribution in [2.45, 2.75) is 5.41 Å². The Morgan fingerprint density at radius 2 is 1.15 bits per heavy atom. The third-order valence-electron chi connectivity index (χ3n) is 10.9. The second-order valence-electron chi connectivity index (χ2n) is 13.8. The predicted octanol–water partition coefficient (Wildman–Crippen LogP) is 11.8. The summed E-state index contributed by atoms with van der Waals surface area (Å²) in [4.78, 5) is 9.40. The molecular formula is C50H33N3. The molecule has 0 fully saturated rings. The van der Waals surface area contributed by atoms with Gasteiger partial charge in [0.25, 0.3) is 0 Å². The maximum atomic E-state index is 9.51. The Morgan fingerprint density at radius 3 is 1.85 bits per heavy atom. The molecule has 3 heteroatoms. The van der Waals surface area contributed by atoms with Crippen LogP contribution in [0, 0.1) is 5.41 Å². The number of nitrogens with zero attached hydrogens (tertiary/aromatic N) is 2. The molecule has 0 amide bonds. The number of aliphatic imine (C=N–C) groups is 1. The van der Waals surface area contributed by atoms with Crippen LogP contribution in [0.15, 0.2) is 193 Å². The minimum atomic E-state index is -0.459. The molecule has 0 saturated carbocycles. The van der Waals surface area contributed by atoms with E-state index in [9.17, 15) is 5.41 Å². The number of benzene rings is 7. The average Bonchev–Trinajstić information content (AvgIpc) is 3.69. The summed E-state index contributed by atoms with van der Waals surface area (Å²) in [5, 5.41) is 11.9. The predicted molar refractivity (Wildman–Crippen MR) is 219 cm³/mol. The van der Waals surface area contributed by atoms with E-state index >= 15 is 0 Å². The first-order valence-corrected chi connectivity index (χ1v) is 18.0. The molecule has 53 heavy (non-hydrogen) atoms. The molecule has 7 aromatic carbocycles. The molecule has 1 heterocycles. The van der Waals surface area contributed by atoms with Crippen molar-refractivity contribution in [3.05, 3.63) is 227 Å². The Bertz CT molecular complexity index is 2740. The van der Waals surface area contributed by atoms with Crippen LogP contribution in [0.4, 0.5) is 0 Å². The second-order valence-corrected chi connectivity index (χ2v) is 13.8. The number of aromatic nitrogens is 1. The Morgan fingerprint density at radius 1 is 0.509 bits per heavy atom. The van der Waals surface area contributed by atoms with Crippen LogP contribution in [0.2, 0.25) is 0 Å². The SMILES string of the molecule is N=C(/C=C(\N=Cc1cccc(-c2ccc3ccccc3c2)c1)c1cccnc1)c1ccc2c(c1)C1(c3ccccc3-c3ccccc31)c1ccccc1-2. The Hall–Kier alpha value is -6.97. The molecule has 1 spiro atoms. The van der Waals surface area contributed by atoms with E-state index in [2.05, 4.69) is 163 Å². The minimum absolute atomic E-state index is 0.388. The summed E-state index contributed by atoms with van der Waals surface area (Å²) in [7, 11) is 0. The van der Waals surface area contributed by atoms with Gasteiger partial charge in [-0.05, 0) is 114 Å². The largest absolute Gasteiger partial charge is 0.300 e. The smallest absolute Gasteiger partial charge is 0.0739 e. The fraction of sp³-hybridized carbons (Fsp3) is 0.0200. The number of nitrogens with one attached hydrogen (secondary N) is 1. The molecule has 0 atom stereocenters. The summed E-state index contributed by atoms with van der Waals surface area (Å²) in [5.74, 6) is 0. The first-order valence-electron chi connectivity index (χ1n) is 18.0. The van der Waals surface area contributed by atoms with Crippen molar-refractivity contribution in [1.29, 1.82) is 5.41 Å². The summed E-state index contributed by atoms with van der Waals surface area (Å²) in [5.41, 5.74) is 15.6. The molecule has 248 valence electrons. The van der Waals surface area contributed by atoms with Crippen LogP contribution < -0.4 is 0 Å². The van der Waals surface area contributed by atoms with Crippen molar-refractivity contribution in [2.24, 2.45) is 4.99 Å². The maximum Gasteiger partial charge on any atom is 0.0739 e. The van der Waals surface area contributed by atoms with Crippen LogP contribution in [0.1, 0.15) is 38.9 Å². The first kappa shape index (κ1) is 30.8. The molecule has 0 radical (unpaired) electrons. The highest BCUT2D eigenvalue weighted by atomic mass is 14.7. The van der Waals surface area contributed by atoms with Crippen LogP contribution in [-0.2, 0) is 5.41 Å². The standard InChI is InChI=1S/C50H33N3/c51-48(30-49(39-15-10-26-52-32-39)53-31-33-11-9-14-35(27-33)37-23-22-34-12-1-2-13-36(34)28-37)38-24-25-43-42-18-5-8-21-46(42)50(47(43)29-38)44-19-6-3-16-40(44)41-17-4-7-20-45(41)50/h1-32,51H/b49-30-,51-48?,53-31?. The number of fused-ring (bicyclic) bond motifs is 11. The number of pyridine rings is 1. The van der Waals surface area contributed by atoms with Crippen molar-refractivity contribution in [3.8, 4) is 33.4 Å². The Balaban J connectivity index is 1.06. The van der Waals surface area contributed by atoms with Crippen molar-refractivity contribution in [2.75, 3.05) is 0 Å². The van der Waals surface area contributed by atoms with E-state index in [0.717, 1.165) is 27.8 Å². The third kappa shape index (κ3) is 4.93. The van der Waals surface area contributed by atoms with Gasteiger partial charge in [-0.3, -0.25) is 9.98 Å². The van der Waals surface area contributed by atoms with Crippen molar-refractivity contribution < 1.29 is 0 Å². The lowest BCUT2D eigenvalue weighted by molar-refractivity contribution is 0.793. The fourth-order valence-corrected chi connectivity index (χ4v) is 8.50. The average molecular weight is 676 g/mol. The van der Waals surface area contributed by atoms with E-state index in [1.807, 2.05) is 30.6 Å². The Labute approximate surface area is 308 Å². The van der Waals surface area contributed by atoms with Crippen molar-refractivity contribution >= 4 is 28.4 Å². The highest BCUT2D eigenvalue weighted by molar-refractivity contribution is 6.11. The van der Waals surface area contributed by atoms with Gasteiger partial charge < -0.3 is 5.41 Å². The zero-order valence-corrected chi connectivity index (χ0v) is 28.9. The van der Waals surface area contributed by atoms with Gasteiger partial charge in [0.2, 0.25) is 0 Å². The van der Waals surface area contributed by atoms with Crippen LogP contribution in [0.25, 0.3) is 49.9 Å². The first-order chi connectivity index (χ1) is 26.2. The summed E-state index contributed by atoms with van der Waals surface area (Å²) < 4.78 is 0. The number of allylic oxidation sites excluding steroid dienone is 1. The molecule has 0 saturated heterocycles. The molecule has 0 aliphatic heterocycles. The fourth-order valence-electron chi connectivity index (χ4n) is 8.50.